The Morgan fingerprint density at radius 2 is 2.10 bits per heavy atom. The van der Waals surface area contributed by atoms with Gasteiger partial charge < -0.3 is 15.2 Å². The molecule has 0 spiro atoms. The molecule has 1 aromatic carbocycles. The Morgan fingerprint density at radius 1 is 1.29 bits per heavy atom. The van der Waals surface area contributed by atoms with Crippen molar-refractivity contribution in [1.29, 1.82) is 0 Å². The van der Waals surface area contributed by atoms with E-state index >= 15 is 0 Å². The molecule has 6 heteroatoms. The van der Waals surface area contributed by atoms with E-state index in [1.54, 1.807) is 24.4 Å². The number of nitrogens with zero attached hydrogens (tertiary/aromatic N) is 1. The maximum Gasteiger partial charge on any atom is 0.337 e. The van der Waals surface area contributed by atoms with Crippen LogP contribution in [-0.4, -0.2) is 29.1 Å². The van der Waals surface area contributed by atoms with Gasteiger partial charge in [0.25, 0.3) is 0 Å². The fourth-order valence-electron chi connectivity index (χ4n) is 1.80. The lowest BCUT2D eigenvalue weighted by molar-refractivity contribution is -0.115. The van der Waals surface area contributed by atoms with Crippen LogP contribution in [0, 0.1) is 0 Å². The SMILES string of the molecule is COc1ccc(C(=O)O)c(NC(=O)Cc2ccccn2)c1. The zero-order valence-corrected chi connectivity index (χ0v) is 11.4. The van der Waals surface area contributed by atoms with E-state index in [1.165, 1.54) is 25.3 Å². The monoisotopic (exact) mass is 286 g/mol. The number of carboxylic acid groups (broad SMARTS) is 1. The average molecular weight is 286 g/mol. The highest BCUT2D eigenvalue weighted by Crippen LogP contribution is 2.22. The molecule has 0 saturated carbocycles. The van der Waals surface area contributed by atoms with E-state index in [0.717, 1.165) is 0 Å². The molecule has 0 aliphatic carbocycles. The molecule has 0 aliphatic heterocycles. The topological polar surface area (TPSA) is 88.5 Å². The number of methoxy groups -OCH3 is 1. The normalized spacial score (nSPS) is 9.95. The van der Waals surface area contributed by atoms with Crippen molar-refractivity contribution in [2.24, 2.45) is 0 Å². The van der Waals surface area contributed by atoms with E-state index in [2.05, 4.69) is 10.3 Å². The third kappa shape index (κ3) is 3.79. The molecule has 21 heavy (non-hydrogen) atoms. The molecule has 2 rings (SSSR count). The highest BCUT2D eigenvalue weighted by molar-refractivity contribution is 6.01. The Bertz CT molecular complexity index is 656. The maximum atomic E-state index is 12.0. The van der Waals surface area contributed by atoms with E-state index in [0.29, 0.717) is 11.4 Å². The van der Waals surface area contributed by atoms with Gasteiger partial charge in [0.15, 0.2) is 0 Å². The molecule has 6 nitrogen and oxygen atoms in total. The lowest BCUT2D eigenvalue weighted by Gasteiger charge is -2.10. The van der Waals surface area contributed by atoms with Gasteiger partial charge in [0.2, 0.25) is 5.91 Å². The minimum atomic E-state index is -1.12. The Morgan fingerprint density at radius 3 is 2.71 bits per heavy atom. The van der Waals surface area contributed by atoms with Gasteiger partial charge in [0.1, 0.15) is 5.75 Å². The molecule has 1 aromatic heterocycles. The standard InChI is InChI=1S/C15H14N2O4/c1-21-11-5-6-12(15(19)20)13(9-11)17-14(18)8-10-4-2-3-7-16-10/h2-7,9H,8H2,1H3,(H,17,18)(H,19,20). The number of aromatic carboxylic acids is 1. The minimum Gasteiger partial charge on any atom is -0.497 e. The first-order chi connectivity index (χ1) is 10.1. The van der Waals surface area contributed by atoms with Gasteiger partial charge in [-0.2, -0.15) is 0 Å². The number of nitrogens with one attached hydrogen (secondary N) is 1. The molecular formula is C15H14N2O4. The molecule has 0 atom stereocenters. The van der Waals surface area contributed by atoms with Crippen LogP contribution >= 0.6 is 0 Å². The molecule has 0 aliphatic rings. The Balaban J connectivity index is 2.17. The Labute approximate surface area is 121 Å². The number of carbonyl (C=O) groups is 2. The van der Waals surface area contributed by atoms with Crippen LogP contribution in [0.3, 0.4) is 0 Å². The van der Waals surface area contributed by atoms with E-state index in [-0.39, 0.29) is 23.6 Å². The van der Waals surface area contributed by atoms with Crippen molar-refractivity contribution in [3.8, 4) is 5.75 Å². The molecule has 1 amide bonds. The molecule has 0 unspecified atom stereocenters. The predicted octanol–water partition coefficient (Wildman–Crippen LogP) is 1.97. The van der Waals surface area contributed by atoms with E-state index in [9.17, 15) is 9.59 Å². The first kappa shape index (κ1) is 14.5. The minimum absolute atomic E-state index is 0.00479. The average Bonchev–Trinajstić information content (AvgIpc) is 2.47. The van der Waals surface area contributed by atoms with Crippen LogP contribution in [0.1, 0.15) is 16.1 Å². The summed E-state index contributed by atoms with van der Waals surface area (Å²) in [5.74, 6) is -0.997. The lowest BCUT2D eigenvalue weighted by Crippen LogP contribution is -2.17. The van der Waals surface area contributed by atoms with Gasteiger partial charge in [-0.3, -0.25) is 9.78 Å². The van der Waals surface area contributed by atoms with Gasteiger partial charge >= 0.3 is 5.97 Å². The number of aromatic nitrogens is 1. The van der Waals surface area contributed by atoms with Gasteiger partial charge in [-0.1, -0.05) is 6.07 Å². The highest BCUT2D eigenvalue weighted by Gasteiger charge is 2.14. The fraction of sp³-hybridized carbons (Fsp3) is 0.133. The summed E-state index contributed by atoms with van der Waals surface area (Å²) < 4.78 is 5.03. The number of carbonyl (C=O) groups excluding carboxylic acids is 1. The second kappa shape index (κ2) is 6.51. The number of hydrogen-bond acceptors (Lipinski definition) is 4. The number of pyridine rings is 1. The molecule has 0 radical (unpaired) electrons. The summed E-state index contributed by atoms with van der Waals surface area (Å²) in [6.07, 6.45) is 1.66. The van der Waals surface area contributed by atoms with Crippen LogP contribution in [0.5, 0.6) is 5.75 Å². The fourth-order valence-corrected chi connectivity index (χ4v) is 1.80. The third-order valence-corrected chi connectivity index (χ3v) is 2.80. The summed E-state index contributed by atoms with van der Waals surface area (Å²) in [6.45, 7) is 0. The largest absolute Gasteiger partial charge is 0.497 e. The van der Waals surface area contributed by atoms with E-state index < -0.39 is 5.97 Å². The molecule has 0 saturated heterocycles. The maximum absolute atomic E-state index is 12.0. The first-order valence-electron chi connectivity index (χ1n) is 6.21. The Kier molecular flexibility index (Phi) is 4.50. The molecular weight excluding hydrogens is 272 g/mol. The summed E-state index contributed by atoms with van der Waals surface area (Å²) >= 11 is 0. The van der Waals surface area contributed by atoms with Crippen molar-refractivity contribution in [1.82, 2.24) is 4.98 Å². The summed E-state index contributed by atoms with van der Waals surface area (Å²) in [7, 11) is 1.47. The van der Waals surface area contributed by atoms with Crippen molar-refractivity contribution in [3.63, 3.8) is 0 Å². The number of hydrogen-bond donors (Lipinski definition) is 2. The molecule has 1 heterocycles. The van der Waals surface area contributed by atoms with Gasteiger partial charge in [-0.25, -0.2) is 4.79 Å². The zero-order valence-electron chi connectivity index (χ0n) is 11.4. The number of carboxylic acids is 1. The van der Waals surface area contributed by atoms with Crippen LogP contribution in [0.15, 0.2) is 42.6 Å². The van der Waals surface area contributed by atoms with Crippen molar-refractivity contribution >= 4 is 17.6 Å². The molecule has 108 valence electrons. The summed E-state index contributed by atoms with van der Waals surface area (Å²) in [5, 5.41) is 11.7. The Hall–Kier alpha value is -2.89. The summed E-state index contributed by atoms with van der Waals surface area (Å²) in [5.41, 5.74) is 0.808. The van der Waals surface area contributed by atoms with Crippen molar-refractivity contribution < 1.29 is 19.4 Å². The zero-order chi connectivity index (χ0) is 15.2. The number of ether oxygens (including phenoxy) is 1. The lowest BCUT2D eigenvalue weighted by atomic mass is 10.1. The van der Waals surface area contributed by atoms with Gasteiger partial charge in [-0.05, 0) is 24.3 Å². The van der Waals surface area contributed by atoms with E-state index in [1.807, 2.05) is 0 Å². The van der Waals surface area contributed by atoms with Crippen LogP contribution in [0.25, 0.3) is 0 Å². The number of anilines is 1. The summed E-state index contributed by atoms with van der Waals surface area (Å²) in [4.78, 5) is 27.2. The van der Waals surface area contributed by atoms with Gasteiger partial charge in [0, 0.05) is 18.0 Å². The molecule has 0 fully saturated rings. The van der Waals surface area contributed by atoms with Crippen LogP contribution in [-0.2, 0) is 11.2 Å². The van der Waals surface area contributed by atoms with Gasteiger partial charge in [-0.15, -0.1) is 0 Å². The predicted molar refractivity (Wildman–Crippen MR) is 76.5 cm³/mol. The van der Waals surface area contributed by atoms with Crippen molar-refractivity contribution in [3.05, 3.63) is 53.9 Å². The quantitative estimate of drug-likeness (QED) is 0.877. The van der Waals surface area contributed by atoms with Crippen LogP contribution in [0.4, 0.5) is 5.69 Å². The number of amides is 1. The van der Waals surface area contributed by atoms with Crippen molar-refractivity contribution in [2.75, 3.05) is 12.4 Å². The molecule has 0 bridgehead atoms. The third-order valence-electron chi connectivity index (χ3n) is 2.80. The molecule has 2 aromatic rings. The van der Waals surface area contributed by atoms with Crippen LogP contribution < -0.4 is 10.1 Å². The van der Waals surface area contributed by atoms with E-state index in [4.69, 9.17) is 9.84 Å². The van der Waals surface area contributed by atoms with Gasteiger partial charge in [0.05, 0.1) is 24.8 Å². The number of benzene rings is 1. The van der Waals surface area contributed by atoms with Crippen LogP contribution in [0.2, 0.25) is 0 Å². The number of rotatable bonds is 5. The van der Waals surface area contributed by atoms with Crippen molar-refractivity contribution in [2.45, 2.75) is 6.42 Å². The second-order valence-electron chi connectivity index (χ2n) is 4.26. The molecule has 2 N–H and O–H groups in total. The second-order valence-corrected chi connectivity index (χ2v) is 4.26. The summed E-state index contributed by atoms with van der Waals surface area (Å²) in [6, 6.07) is 9.65. The highest BCUT2D eigenvalue weighted by atomic mass is 16.5. The first-order valence-corrected chi connectivity index (χ1v) is 6.21. The smallest absolute Gasteiger partial charge is 0.337 e.